The molecule has 5 heteroatoms. The maximum atomic E-state index is 12.1. The van der Waals surface area contributed by atoms with Crippen LogP contribution in [0.25, 0.3) is 0 Å². The van der Waals surface area contributed by atoms with Crippen LogP contribution in [0.4, 0.5) is 10.5 Å². The van der Waals surface area contributed by atoms with Crippen molar-refractivity contribution in [3.63, 3.8) is 0 Å². The molecule has 0 saturated carbocycles. The van der Waals surface area contributed by atoms with Gasteiger partial charge < -0.3 is 20.7 Å². The summed E-state index contributed by atoms with van der Waals surface area (Å²) in [6.45, 7) is 5.88. The summed E-state index contributed by atoms with van der Waals surface area (Å²) in [6, 6.07) is 7.16. The summed E-state index contributed by atoms with van der Waals surface area (Å²) in [6.07, 6.45) is 0. The predicted molar refractivity (Wildman–Crippen MR) is 77.5 cm³/mol. The molecule has 1 unspecified atom stereocenters. The maximum Gasteiger partial charge on any atom is 0.321 e. The molecule has 0 aliphatic carbocycles. The summed E-state index contributed by atoms with van der Waals surface area (Å²) < 4.78 is 5.07. The number of anilines is 1. The number of urea groups is 1. The third kappa shape index (κ3) is 4.79. The molecule has 2 amide bonds. The fourth-order valence-electron chi connectivity index (χ4n) is 1.68. The van der Waals surface area contributed by atoms with Gasteiger partial charge in [-0.1, -0.05) is 6.92 Å². The number of carbonyl (C=O) groups is 1. The predicted octanol–water partition coefficient (Wildman–Crippen LogP) is 2.14. The van der Waals surface area contributed by atoms with Crippen LogP contribution in [-0.2, 0) is 0 Å². The van der Waals surface area contributed by atoms with Gasteiger partial charge >= 0.3 is 6.03 Å². The quantitative estimate of drug-likeness (QED) is 0.828. The van der Waals surface area contributed by atoms with Gasteiger partial charge in [-0.05, 0) is 43.7 Å². The Bertz CT molecular complexity index is 392. The molecule has 1 rings (SSSR count). The molecule has 0 radical (unpaired) electrons. The molecule has 1 aromatic carbocycles. The van der Waals surface area contributed by atoms with E-state index in [0.29, 0.717) is 25.6 Å². The lowest BCUT2D eigenvalue weighted by molar-refractivity contribution is 0.206. The van der Waals surface area contributed by atoms with Crippen molar-refractivity contribution in [1.29, 1.82) is 0 Å². The van der Waals surface area contributed by atoms with Crippen LogP contribution in [0.1, 0.15) is 13.8 Å². The van der Waals surface area contributed by atoms with Gasteiger partial charge in [-0.2, -0.15) is 0 Å². The Labute approximate surface area is 114 Å². The van der Waals surface area contributed by atoms with Gasteiger partial charge in [-0.25, -0.2) is 4.79 Å². The highest BCUT2D eigenvalue weighted by molar-refractivity contribution is 5.89. The first-order chi connectivity index (χ1) is 9.10. The number of benzene rings is 1. The molecule has 0 saturated heterocycles. The molecule has 0 spiro atoms. The van der Waals surface area contributed by atoms with E-state index in [1.54, 1.807) is 12.0 Å². The third-order valence-corrected chi connectivity index (χ3v) is 2.94. The summed E-state index contributed by atoms with van der Waals surface area (Å²) in [5.41, 5.74) is 6.34. The van der Waals surface area contributed by atoms with Gasteiger partial charge in [0.25, 0.3) is 0 Å². The standard InChI is InChI=1S/C14H23N3O2/c1-4-17(10-11(2)9-15)14(18)16-12-5-7-13(19-3)8-6-12/h5-8,11H,4,9-10,15H2,1-3H3,(H,16,18). The van der Waals surface area contributed by atoms with Gasteiger partial charge in [0.2, 0.25) is 0 Å². The molecule has 1 atom stereocenters. The van der Waals surface area contributed by atoms with E-state index >= 15 is 0 Å². The smallest absolute Gasteiger partial charge is 0.321 e. The molecule has 1 aromatic rings. The van der Waals surface area contributed by atoms with Crippen molar-refractivity contribution in [3.05, 3.63) is 24.3 Å². The third-order valence-electron chi connectivity index (χ3n) is 2.94. The minimum atomic E-state index is -0.104. The molecule has 0 aliphatic heterocycles. The van der Waals surface area contributed by atoms with E-state index in [1.807, 2.05) is 38.1 Å². The lowest BCUT2D eigenvalue weighted by atomic mass is 10.2. The van der Waals surface area contributed by atoms with E-state index in [4.69, 9.17) is 10.5 Å². The van der Waals surface area contributed by atoms with Crippen LogP contribution in [0.5, 0.6) is 5.75 Å². The first kappa shape index (κ1) is 15.3. The second-order valence-electron chi connectivity index (χ2n) is 4.54. The lowest BCUT2D eigenvalue weighted by Gasteiger charge is -2.24. The van der Waals surface area contributed by atoms with Gasteiger partial charge in [-0.15, -0.1) is 0 Å². The first-order valence-corrected chi connectivity index (χ1v) is 6.50. The number of rotatable bonds is 6. The molecule has 0 aromatic heterocycles. The van der Waals surface area contributed by atoms with Crippen LogP contribution in [-0.4, -0.2) is 37.7 Å². The Hall–Kier alpha value is -1.75. The highest BCUT2D eigenvalue weighted by atomic mass is 16.5. The van der Waals surface area contributed by atoms with Crippen molar-refractivity contribution in [2.75, 3.05) is 32.1 Å². The number of ether oxygens (including phenoxy) is 1. The SMILES string of the molecule is CCN(CC(C)CN)C(=O)Nc1ccc(OC)cc1. The Balaban J connectivity index is 2.60. The van der Waals surface area contributed by atoms with Crippen molar-refractivity contribution >= 4 is 11.7 Å². The molecule has 0 bridgehead atoms. The average molecular weight is 265 g/mol. The number of carbonyl (C=O) groups excluding carboxylic acids is 1. The number of nitrogens with two attached hydrogens (primary N) is 1. The van der Waals surface area contributed by atoms with Gasteiger partial charge in [0.1, 0.15) is 5.75 Å². The lowest BCUT2D eigenvalue weighted by Crippen LogP contribution is -2.39. The summed E-state index contributed by atoms with van der Waals surface area (Å²) in [5.74, 6) is 1.06. The van der Waals surface area contributed by atoms with Crippen molar-refractivity contribution in [3.8, 4) is 5.75 Å². The summed E-state index contributed by atoms with van der Waals surface area (Å²) in [7, 11) is 1.61. The van der Waals surface area contributed by atoms with E-state index in [2.05, 4.69) is 5.32 Å². The maximum absolute atomic E-state index is 12.1. The average Bonchev–Trinajstić information content (AvgIpc) is 2.45. The molecular formula is C14H23N3O2. The Morgan fingerprint density at radius 2 is 2.05 bits per heavy atom. The van der Waals surface area contributed by atoms with Crippen LogP contribution in [0, 0.1) is 5.92 Å². The molecule has 106 valence electrons. The Kier molecular flexibility index (Phi) is 6.15. The number of nitrogens with zero attached hydrogens (tertiary/aromatic N) is 1. The summed E-state index contributed by atoms with van der Waals surface area (Å²) in [5, 5.41) is 2.86. The summed E-state index contributed by atoms with van der Waals surface area (Å²) >= 11 is 0. The summed E-state index contributed by atoms with van der Waals surface area (Å²) in [4.78, 5) is 13.8. The number of amides is 2. The fourth-order valence-corrected chi connectivity index (χ4v) is 1.68. The zero-order chi connectivity index (χ0) is 14.3. The number of methoxy groups -OCH3 is 1. The van der Waals surface area contributed by atoms with Crippen LogP contribution in [0.3, 0.4) is 0 Å². The van der Waals surface area contributed by atoms with Gasteiger partial charge in [-0.3, -0.25) is 0 Å². The molecule has 3 N–H and O–H groups in total. The van der Waals surface area contributed by atoms with E-state index in [-0.39, 0.29) is 6.03 Å². The molecule has 0 aliphatic rings. The van der Waals surface area contributed by atoms with Crippen LogP contribution >= 0.6 is 0 Å². The van der Waals surface area contributed by atoms with Crippen molar-refractivity contribution in [2.45, 2.75) is 13.8 Å². The zero-order valence-electron chi connectivity index (χ0n) is 11.8. The number of nitrogens with one attached hydrogen (secondary N) is 1. The molecule has 19 heavy (non-hydrogen) atoms. The molecule has 5 nitrogen and oxygen atoms in total. The highest BCUT2D eigenvalue weighted by Crippen LogP contribution is 2.15. The Morgan fingerprint density at radius 3 is 2.53 bits per heavy atom. The van der Waals surface area contributed by atoms with Gasteiger partial charge in [0.05, 0.1) is 7.11 Å². The van der Waals surface area contributed by atoms with Gasteiger partial charge in [0, 0.05) is 18.8 Å². The largest absolute Gasteiger partial charge is 0.497 e. The Morgan fingerprint density at radius 1 is 1.42 bits per heavy atom. The monoisotopic (exact) mass is 265 g/mol. The van der Waals surface area contributed by atoms with Crippen molar-refractivity contribution in [1.82, 2.24) is 4.90 Å². The van der Waals surface area contributed by atoms with Gasteiger partial charge in [0.15, 0.2) is 0 Å². The molecule has 0 heterocycles. The van der Waals surface area contributed by atoms with E-state index in [0.717, 1.165) is 11.4 Å². The zero-order valence-corrected chi connectivity index (χ0v) is 11.8. The van der Waals surface area contributed by atoms with E-state index < -0.39 is 0 Å². The topological polar surface area (TPSA) is 67.6 Å². The van der Waals surface area contributed by atoms with E-state index in [1.165, 1.54) is 0 Å². The van der Waals surface area contributed by atoms with Crippen LogP contribution < -0.4 is 15.8 Å². The number of hydrogen-bond acceptors (Lipinski definition) is 3. The fraction of sp³-hybridized carbons (Fsp3) is 0.500. The van der Waals surface area contributed by atoms with Crippen molar-refractivity contribution < 1.29 is 9.53 Å². The molecular weight excluding hydrogens is 242 g/mol. The van der Waals surface area contributed by atoms with Crippen molar-refractivity contribution in [2.24, 2.45) is 11.7 Å². The van der Waals surface area contributed by atoms with E-state index in [9.17, 15) is 4.79 Å². The second kappa shape index (κ2) is 7.63. The van der Waals surface area contributed by atoms with Crippen LogP contribution in [0.2, 0.25) is 0 Å². The minimum Gasteiger partial charge on any atom is -0.497 e. The van der Waals surface area contributed by atoms with Crippen LogP contribution in [0.15, 0.2) is 24.3 Å². The normalized spacial score (nSPS) is 11.8. The first-order valence-electron chi connectivity index (χ1n) is 6.50. The second-order valence-corrected chi connectivity index (χ2v) is 4.54. The highest BCUT2D eigenvalue weighted by Gasteiger charge is 2.14. The molecule has 0 fully saturated rings. The number of hydrogen-bond donors (Lipinski definition) is 2. The minimum absolute atomic E-state index is 0.104.